The molecule has 2 aromatic carbocycles. The Balaban J connectivity index is 1.58. The molecule has 6 heteroatoms. The molecule has 0 spiro atoms. The highest BCUT2D eigenvalue weighted by Crippen LogP contribution is 2.29. The minimum atomic E-state index is -4.34. The van der Waals surface area contributed by atoms with Gasteiger partial charge >= 0.3 is 6.18 Å². The summed E-state index contributed by atoms with van der Waals surface area (Å²) in [6.45, 7) is 2.39. The molecule has 0 bridgehead atoms. The van der Waals surface area contributed by atoms with Crippen LogP contribution in [0.1, 0.15) is 29.7 Å². The van der Waals surface area contributed by atoms with Gasteiger partial charge in [-0.05, 0) is 30.2 Å². The summed E-state index contributed by atoms with van der Waals surface area (Å²) in [7, 11) is 0. The van der Waals surface area contributed by atoms with E-state index in [-0.39, 0.29) is 25.3 Å². The predicted molar refractivity (Wildman–Crippen MR) is 90.3 cm³/mol. The topological polar surface area (TPSA) is 33.6 Å². The summed E-state index contributed by atoms with van der Waals surface area (Å²) >= 11 is 0. The summed E-state index contributed by atoms with van der Waals surface area (Å²) in [6.07, 6.45) is -4.34. The second-order valence-corrected chi connectivity index (χ2v) is 6.06. The van der Waals surface area contributed by atoms with Crippen molar-refractivity contribution in [1.82, 2.24) is 5.32 Å². The van der Waals surface area contributed by atoms with Crippen LogP contribution in [-0.4, -0.2) is 18.5 Å². The molecule has 1 heterocycles. The number of ether oxygens (including phenoxy) is 1. The molecule has 0 aromatic heterocycles. The Morgan fingerprint density at radius 3 is 2.52 bits per heavy atom. The van der Waals surface area contributed by atoms with Crippen LogP contribution in [0.5, 0.6) is 0 Å². The summed E-state index contributed by atoms with van der Waals surface area (Å²) in [5, 5.41) is 3.27. The Kier molecular flexibility index (Phi) is 5.08. The number of aliphatic imine (C=N–C) groups is 1. The van der Waals surface area contributed by atoms with Crippen molar-refractivity contribution >= 4 is 5.84 Å². The number of alkyl halides is 3. The molecule has 1 N–H and O–H groups in total. The molecule has 3 nitrogen and oxygen atoms in total. The van der Waals surface area contributed by atoms with Crippen LogP contribution < -0.4 is 5.32 Å². The molecule has 0 fully saturated rings. The first kappa shape index (κ1) is 17.5. The average Bonchev–Trinajstić information content (AvgIpc) is 2.96. The fourth-order valence-corrected chi connectivity index (χ4v) is 2.85. The van der Waals surface area contributed by atoms with E-state index in [4.69, 9.17) is 4.74 Å². The van der Waals surface area contributed by atoms with E-state index in [0.29, 0.717) is 11.4 Å². The van der Waals surface area contributed by atoms with Crippen LogP contribution in [0.2, 0.25) is 0 Å². The van der Waals surface area contributed by atoms with Crippen LogP contribution in [0.25, 0.3) is 0 Å². The Bertz CT molecular complexity index is 744. The lowest BCUT2D eigenvalue weighted by Crippen LogP contribution is -2.31. The Labute approximate surface area is 144 Å². The van der Waals surface area contributed by atoms with Gasteiger partial charge < -0.3 is 10.1 Å². The number of hydrogen-bond acceptors (Lipinski definition) is 3. The zero-order valence-electron chi connectivity index (χ0n) is 13.8. The molecule has 2 atom stereocenters. The number of amidine groups is 1. The second-order valence-electron chi connectivity index (χ2n) is 6.06. The minimum Gasteiger partial charge on any atom is -0.369 e. The summed E-state index contributed by atoms with van der Waals surface area (Å²) in [6, 6.07) is 15.3. The van der Waals surface area contributed by atoms with Gasteiger partial charge in [-0.1, -0.05) is 42.5 Å². The van der Waals surface area contributed by atoms with Crippen LogP contribution >= 0.6 is 0 Å². The van der Waals surface area contributed by atoms with E-state index in [1.807, 2.05) is 37.3 Å². The van der Waals surface area contributed by atoms with Crippen molar-refractivity contribution in [2.75, 3.05) is 6.61 Å². The lowest BCUT2D eigenvalue weighted by Gasteiger charge is -2.13. The number of nitrogens with zero attached hydrogens (tertiary/aromatic N) is 1. The predicted octanol–water partition coefficient (Wildman–Crippen LogP) is 4.35. The van der Waals surface area contributed by atoms with Crippen LogP contribution in [0.3, 0.4) is 0 Å². The molecule has 0 aliphatic carbocycles. The van der Waals surface area contributed by atoms with Gasteiger partial charge in [0.15, 0.2) is 0 Å². The van der Waals surface area contributed by atoms with Gasteiger partial charge in [-0.3, -0.25) is 4.99 Å². The Morgan fingerprint density at radius 1 is 1.04 bits per heavy atom. The van der Waals surface area contributed by atoms with E-state index in [1.165, 1.54) is 6.07 Å². The van der Waals surface area contributed by atoms with Crippen molar-refractivity contribution in [2.45, 2.75) is 31.8 Å². The molecule has 2 aromatic rings. The molecule has 0 saturated heterocycles. The molecule has 0 radical (unpaired) electrons. The quantitative estimate of drug-likeness (QED) is 0.871. The van der Waals surface area contributed by atoms with Crippen LogP contribution in [0, 0.1) is 0 Å². The number of benzene rings is 2. The van der Waals surface area contributed by atoms with Crippen molar-refractivity contribution in [3.05, 3.63) is 71.3 Å². The maximum Gasteiger partial charge on any atom is 0.416 e. The number of nitrogens with one attached hydrogen (secondary N) is 1. The number of hydrogen-bond donors (Lipinski definition) is 1. The zero-order valence-corrected chi connectivity index (χ0v) is 13.8. The third-order valence-corrected chi connectivity index (χ3v) is 4.07. The fourth-order valence-electron chi connectivity index (χ4n) is 2.85. The fraction of sp³-hybridized carbons (Fsp3) is 0.316. The van der Waals surface area contributed by atoms with Crippen molar-refractivity contribution in [3.63, 3.8) is 0 Å². The van der Waals surface area contributed by atoms with Crippen molar-refractivity contribution in [2.24, 2.45) is 4.99 Å². The van der Waals surface area contributed by atoms with Crippen LogP contribution in [-0.2, 0) is 17.5 Å². The normalized spacial score (nSPS) is 20.2. The van der Waals surface area contributed by atoms with Gasteiger partial charge in [-0.2, -0.15) is 13.2 Å². The lowest BCUT2D eigenvalue weighted by molar-refractivity contribution is -0.137. The van der Waals surface area contributed by atoms with E-state index in [0.717, 1.165) is 17.7 Å². The molecule has 25 heavy (non-hydrogen) atoms. The highest BCUT2D eigenvalue weighted by Gasteiger charge is 2.30. The van der Waals surface area contributed by atoms with E-state index < -0.39 is 11.7 Å². The van der Waals surface area contributed by atoms with Gasteiger partial charge in [-0.15, -0.1) is 0 Å². The van der Waals surface area contributed by atoms with Crippen molar-refractivity contribution < 1.29 is 17.9 Å². The highest BCUT2D eigenvalue weighted by atomic mass is 19.4. The minimum absolute atomic E-state index is 0.0216. The van der Waals surface area contributed by atoms with Gasteiger partial charge in [0.05, 0.1) is 24.3 Å². The number of halogens is 3. The van der Waals surface area contributed by atoms with E-state index in [9.17, 15) is 13.2 Å². The standard InChI is InChI=1S/C19H19F3N2O/c1-13-18(15-7-3-2-4-8-15)24-17(23-13)12-25-11-14-6-5-9-16(10-14)19(20,21)22/h2-10,13,18H,11-12H2,1H3,(H,23,24)/t13-,18-/m0/s1. The second kappa shape index (κ2) is 7.27. The maximum atomic E-state index is 12.7. The molecule has 0 amide bonds. The van der Waals surface area contributed by atoms with E-state index in [2.05, 4.69) is 10.3 Å². The molecule has 1 aliphatic rings. The average molecular weight is 348 g/mol. The molecular weight excluding hydrogens is 329 g/mol. The summed E-state index contributed by atoms with van der Waals surface area (Å²) in [5.41, 5.74) is 0.944. The monoisotopic (exact) mass is 348 g/mol. The van der Waals surface area contributed by atoms with Gasteiger partial charge in [0, 0.05) is 0 Å². The highest BCUT2D eigenvalue weighted by molar-refractivity contribution is 5.85. The number of rotatable bonds is 5. The Hall–Kier alpha value is -2.34. The van der Waals surface area contributed by atoms with Crippen molar-refractivity contribution in [1.29, 1.82) is 0 Å². The van der Waals surface area contributed by atoms with Crippen molar-refractivity contribution in [3.8, 4) is 0 Å². The lowest BCUT2D eigenvalue weighted by atomic mass is 10.0. The third-order valence-electron chi connectivity index (χ3n) is 4.07. The molecule has 1 aliphatic heterocycles. The third kappa shape index (κ3) is 4.39. The summed E-state index contributed by atoms with van der Waals surface area (Å²) in [5.74, 6) is 0.716. The molecular formula is C19H19F3N2O. The van der Waals surface area contributed by atoms with Crippen LogP contribution in [0.15, 0.2) is 59.6 Å². The molecule has 0 saturated carbocycles. The molecule has 3 rings (SSSR count). The largest absolute Gasteiger partial charge is 0.416 e. The maximum absolute atomic E-state index is 12.7. The van der Waals surface area contributed by atoms with E-state index >= 15 is 0 Å². The van der Waals surface area contributed by atoms with E-state index in [1.54, 1.807) is 6.07 Å². The molecule has 132 valence electrons. The molecule has 0 unspecified atom stereocenters. The first-order valence-corrected chi connectivity index (χ1v) is 8.05. The Morgan fingerprint density at radius 2 is 1.80 bits per heavy atom. The first-order chi connectivity index (χ1) is 11.9. The van der Waals surface area contributed by atoms with Gasteiger partial charge in [0.25, 0.3) is 0 Å². The van der Waals surface area contributed by atoms with Gasteiger partial charge in [-0.25, -0.2) is 0 Å². The van der Waals surface area contributed by atoms with Crippen LogP contribution in [0.4, 0.5) is 13.2 Å². The zero-order chi connectivity index (χ0) is 17.9. The summed E-state index contributed by atoms with van der Waals surface area (Å²) < 4.78 is 43.7. The smallest absolute Gasteiger partial charge is 0.369 e. The summed E-state index contributed by atoms with van der Waals surface area (Å²) in [4.78, 5) is 4.63. The first-order valence-electron chi connectivity index (χ1n) is 8.05. The van der Waals surface area contributed by atoms with Gasteiger partial charge in [0.2, 0.25) is 0 Å². The van der Waals surface area contributed by atoms with Gasteiger partial charge in [0.1, 0.15) is 12.4 Å². The SMILES string of the molecule is C[C@@H]1NC(COCc2cccc(C(F)(F)F)c2)=N[C@@H]1c1ccccc1.